The summed E-state index contributed by atoms with van der Waals surface area (Å²) >= 11 is 0. The van der Waals surface area contributed by atoms with Crippen molar-refractivity contribution in [2.75, 3.05) is 47.3 Å². The number of hydrogen-bond acceptors (Lipinski definition) is 5. The Bertz CT molecular complexity index is 988. The molecule has 2 aliphatic rings. The van der Waals surface area contributed by atoms with E-state index in [-0.39, 0.29) is 41.2 Å². The third-order valence-electron chi connectivity index (χ3n) is 5.88. The van der Waals surface area contributed by atoms with Gasteiger partial charge in [-0.3, -0.25) is 14.6 Å². The molecule has 1 N–H and O–H groups in total. The van der Waals surface area contributed by atoms with E-state index in [0.717, 1.165) is 5.69 Å². The van der Waals surface area contributed by atoms with Crippen LogP contribution in [0, 0.1) is 5.92 Å². The van der Waals surface area contributed by atoms with E-state index in [4.69, 9.17) is 0 Å². The summed E-state index contributed by atoms with van der Waals surface area (Å²) in [4.78, 5) is 51.8. The minimum Gasteiger partial charge on any atom is -0.350 e. The molecule has 4 amide bonds. The molecule has 31 heavy (non-hydrogen) atoms. The Kier molecular flexibility index (Phi) is 5.62. The number of nitrogens with one attached hydrogen (secondary N) is 1. The molecule has 0 bridgehead atoms. The maximum Gasteiger partial charge on any atom is 0.319 e. The molecular weight excluding hydrogens is 398 g/mol. The maximum atomic E-state index is 13.1. The maximum absolute atomic E-state index is 13.1. The van der Waals surface area contributed by atoms with Crippen molar-refractivity contribution in [2.24, 2.45) is 5.92 Å². The average molecular weight is 425 g/mol. The predicted octanol–water partition coefficient (Wildman–Crippen LogP) is 0.491. The summed E-state index contributed by atoms with van der Waals surface area (Å²) in [6.45, 7) is 1.95. The molecule has 0 radical (unpaired) electrons. The summed E-state index contributed by atoms with van der Waals surface area (Å²) in [6, 6.07) is 5.48. The number of rotatable bonds is 4. The Morgan fingerprint density at radius 1 is 1.19 bits per heavy atom. The molecule has 4 heterocycles. The van der Waals surface area contributed by atoms with Crippen LogP contribution >= 0.6 is 0 Å². The van der Waals surface area contributed by atoms with Crippen LogP contribution in [0.25, 0.3) is 0 Å². The van der Waals surface area contributed by atoms with Crippen molar-refractivity contribution < 1.29 is 14.4 Å². The van der Waals surface area contributed by atoms with Gasteiger partial charge in [-0.05, 0) is 12.1 Å². The van der Waals surface area contributed by atoms with Gasteiger partial charge in [0.05, 0.1) is 12.4 Å². The molecule has 10 heteroatoms. The molecule has 1 saturated heterocycles. The number of pyridine rings is 1. The summed E-state index contributed by atoms with van der Waals surface area (Å²) in [5, 5.41) is 2.84. The molecular formula is C21H27N7O3. The van der Waals surface area contributed by atoms with E-state index in [9.17, 15) is 14.4 Å². The zero-order valence-corrected chi connectivity index (χ0v) is 18.0. The second kappa shape index (κ2) is 8.37. The van der Waals surface area contributed by atoms with Gasteiger partial charge in [-0.2, -0.15) is 0 Å². The number of fused-ring (bicyclic) bond motifs is 3. The first-order chi connectivity index (χ1) is 14.9. The highest BCUT2D eigenvalue weighted by atomic mass is 16.2. The number of hydrogen-bond donors (Lipinski definition) is 1. The molecule has 2 aromatic rings. The van der Waals surface area contributed by atoms with Crippen molar-refractivity contribution in [2.45, 2.75) is 12.5 Å². The van der Waals surface area contributed by atoms with Gasteiger partial charge >= 0.3 is 6.03 Å². The van der Waals surface area contributed by atoms with E-state index in [1.807, 2.05) is 18.2 Å². The van der Waals surface area contributed by atoms with E-state index in [1.54, 1.807) is 52.9 Å². The van der Waals surface area contributed by atoms with Gasteiger partial charge in [-0.25, -0.2) is 9.78 Å². The fraction of sp³-hybridized carbons (Fsp3) is 0.476. The van der Waals surface area contributed by atoms with Crippen LogP contribution in [0.2, 0.25) is 0 Å². The minimum absolute atomic E-state index is 0.0591. The molecule has 4 rings (SSSR count). The molecule has 1 fully saturated rings. The lowest BCUT2D eigenvalue weighted by Gasteiger charge is -2.22. The second-order valence-electron chi connectivity index (χ2n) is 8.27. The number of urea groups is 1. The van der Waals surface area contributed by atoms with Crippen molar-refractivity contribution in [3.8, 4) is 0 Å². The lowest BCUT2D eigenvalue weighted by atomic mass is 10.0. The minimum atomic E-state index is -0.385. The number of carbonyl (C=O) groups is 3. The summed E-state index contributed by atoms with van der Waals surface area (Å²) in [5.41, 5.74) is 1.28. The Labute approximate surface area is 180 Å². The lowest BCUT2D eigenvalue weighted by molar-refractivity contribution is 0.0772. The van der Waals surface area contributed by atoms with Crippen molar-refractivity contribution in [1.82, 2.24) is 34.6 Å². The molecule has 0 aromatic carbocycles. The number of imidazole rings is 1. The number of likely N-dealkylation sites (tertiary alicyclic amines) is 1. The largest absolute Gasteiger partial charge is 0.350 e. The van der Waals surface area contributed by atoms with E-state index in [0.29, 0.717) is 32.6 Å². The predicted molar refractivity (Wildman–Crippen MR) is 113 cm³/mol. The van der Waals surface area contributed by atoms with Gasteiger partial charge in [0.2, 0.25) is 0 Å². The molecule has 2 aliphatic heterocycles. The van der Waals surface area contributed by atoms with Crippen LogP contribution in [0.5, 0.6) is 0 Å². The Balaban J connectivity index is 1.54. The zero-order valence-electron chi connectivity index (χ0n) is 18.0. The standard InChI is InChI=1S/C21H27N7O3/c1-25(2)21(31)27-11-14-10-26(3)20(30)18-17(24-13-28(18)16(14)12-27)19(29)23-9-7-15-6-4-5-8-22-15/h4-6,8,13-14,16H,7,9-12H2,1-3H3,(H,23,29)/t14-,16+/m0/s1. The fourth-order valence-corrected chi connectivity index (χ4v) is 4.33. The van der Waals surface area contributed by atoms with Gasteiger partial charge in [0.25, 0.3) is 11.8 Å². The van der Waals surface area contributed by atoms with Crippen LogP contribution < -0.4 is 5.32 Å². The average Bonchev–Trinajstić information content (AvgIpc) is 3.35. The first kappa shape index (κ1) is 20.8. The van der Waals surface area contributed by atoms with E-state index < -0.39 is 0 Å². The summed E-state index contributed by atoms with van der Waals surface area (Å²) in [7, 11) is 5.17. The number of carbonyl (C=O) groups excluding carboxylic acids is 3. The molecule has 10 nitrogen and oxygen atoms in total. The van der Waals surface area contributed by atoms with E-state index >= 15 is 0 Å². The zero-order chi connectivity index (χ0) is 22.1. The first-order valence-corrected chi connectivity index (χ1v) is 10.3. The Hall–Kier alpha value is -3.43. The normalized spacial score (nSPS) is 20.2. The van der Waals surface area contributed by atoms with Crippen LogP contribution in [0.1, 0.15) is 32.7 Å². The van der Waals surface area contributed by atoms with Crippen LogP contribution in [0.4, 0.5) is 4.79 Å². The highest BCUT2D eigenvalue weighted by Crippen LogP contribution is 2.34. The van der Waals surface area contributed by atoms with Crippen LogP contribution in [0.15, 0.2) is 30.7 Å². The van der Waals surface area contributed by atoms with E-state index in [1.165, 1.54) is 0 Å². The quantitative estimate of drug-likeness (QED) is 0.768. The summed E-state index contributed by atoms with van der Waals surface area (Å²) < 4.78 is 1.78. The van der Waals surface area contributed by atoms with Crippen molar-refractivity contribution in [3.05, 3.63) is 47.8 Å². The molecule has 0 aliphatic carbocycles. The lowest BCUT2D eigenvalue weighted by Crippen LogP contribution is -2.39. The summed E-state index contributed by atoms with van der Waals surface area (Å²) in [5.74, 6) is -0.537. The molecule has 2 atom stereocenters. The van der Waals surface area contributed by atoms with Gasteiger partial charge in [0, 0.05) is 71.6 Å². The SMILES string of the molecule is CN(C)C(=O)N1C[C@@H]2CN(C)C(=O)c3c(C(=O)NCCc4ccccn4)ncn3[C@@H]2C1. The smallest absolute Gasteiger partial charge is 0.319 e. The van der Waals surface area contributed by atoms with Gasteiger partial charge in [0.15, 0.2) is 5.69 Å². The number of amides is 4. The Morgan fingerprint density at radius 3 is 2.71 bits per heavy atom. The topological polar surface area (TPSA) is 104 Å². The van der Waals surface area contributed by atoms with Crippen molar-refractivity contribution in [3.63, 3.8) is 0 Å². The Morgan fingerprint density at radius 2 is 2.00 bits per heavy atom. The van der Waals surface area contributed by atoms with Crippen molar-refractivity contribution >= 4 is 17.8 Å². The molecule has 0 unspecified atom stereocenters. The van der Waals surface area contributed by atoms with Gasteiger partial charge in [-0.1, -0.05) is 6.07 Å². The van der Waals surface area contributed by atoms with Gasteiger partial charge in [0.1, 0.15) is 5.69 Å². The molecule has 164 valence electrons. The summed E-state index contributed by atoms with van der Waals surface area (Å²) in [6.07, 6.45) is 3.85. The van der Waals surface area contributed by atoms with Gasteiger partial charge in [-0.15, -0.1) is 0 Å². The van der Waals surface area contributed by atoms with Crippen LogP contribution in [0.3, 0.4) is 0 Å². The highest BCUT2D eigenvalue weighted by molar-refractivity contribution is 6.05. The molecule has 0 saturated carbocycles. The third-order valence-corrected chi connectivity index (χ3v) is 5.88. The highest BCUT2D eigenvalue weighted by Gasteiger charge is 2.43. The monoisotopic (exact) mass is 425 g/mol. The number of nitrogens with zero attached hydrogens (tertiary/aromatic N) is 6. The van der Waals surface area contributed by atoms with Crippen molar-refractivity contribution in [1.29, 1.82) is 0 Å². The molecule has 2 aromatic heterocycles. The second-order valence-corrected chi connectivity index (χ2v) is 8.27. The van der Waals surface area contributed by atoms with Crippen LogP contribution in [-0.4, -0.2) is 94.4 Å². The third kappa shape index (κ3) is 3.97. The van der Waals surface area contributed by atoms with E-state index in [2.05, 4.69) is 15.3 Å². The molecule has 0 spiro atoms. The first-order valence-electron chi connectivity index (χ1n) is 10.3. The number of aromatic nitrogens is 3. The van der Waals surface area contributed by atoms with Gasteiger partial charge < -0.3 is 24.6 Å². The van der Waals surface area contributed by atoms with Crippen LogP contribution in [-0.2, 0) is 6.42 Å². The fourth-order valence-electron chi connectivity index (χ4n) is 4.33.